The molecule has 4 rings (SSSR count). The third kappa shape index (κ3) is 2.95. The van der Waals surface area contributed by atoms with Crippen LogP contribution in [0.2, 0.25) is 0 Å². The van der Waals surface area contributed by atoms with Crippen LogP contribution in [0.25, 0.3) is 0 Å². The average molecular weight is 313 g/mol. The molecule has 0 spiro atoms. The number of nitrogens with one attached hydrogen (secondary N) is 1. The van der Waals surface area contributed by atoms with Gasteiger partial charge in [0.05, 0.1) is 36.7 Å². The minimum atomic E-state index is 0.0115. The predicted molar refractivity (Wildman–Crippen MR) is 87.0 cm³/mol. The van der Waals surface area contributed by atoms with Crippen molar-refractivity contribution in [2.24, 2.45) is 0 Å². The molecule has 1 aliphatic heterocycles. The van der Waals surface area contributed by atoms with Gasteiger partial charge in [0.1, 0.15) is 0 Å². The fraction of sp³-hybridized carbons (Fsp3) is 0.588. The van der Waals surface area contributed by atoms with Gasteiger partial charge in [0.2, 0.25) is 5.95 Å². The maximum atomic E-state index is 5.38. The molecule has 0 unspecified atom stereocenters. The number of hydrogen-bond donors (Lipinski definition) is 1. The summed E-state index contributed by atoms with van der Waals surface area (Å²) in [5.74, 6) is 1.33. The van der Waals surface area contributed by atoms with Crippen LogP contribution >= 0.6 is 0 Å². The van der Waals surface area contributed by atoms with E-state index in [1.807, 2.05) is 6.20 Å². The molecule has 0 bridgehead atoms. The molecule has 122 valence electrons. The van der Waals surface area contributed by atoms with Gasteiger partial charge in [-0.1, -0.05) is 0 Å². The van der Waals surface area contributed by atoms with E-state index in [1.54, 1.807) is 0 Å². The van der Waals surface area contributed by atoms with E-state index in [-0.39, 0.29) is 5.54 Å². The Morgan fingerprint density at radius 1 is 1.30 bits per heavy atom. The lowest BCUT2D eigenvalue weighted by molar-refractivity contribution is 0.133. The summed E-state index contributed by atoms with van der Waals surface area (Å²) >= 11 is 0. The number of hydrogen-bond acceptors (Lipinski definition) is 5. The van der Waals surface area contributed by atoms with Gasteiger partial charge in [0.25, 0.3) is 0 Å². The number of rotatable bonds is 4. The van der Waals surface area contributed by atoms with Crippen molar-refractivity contribution in [1.29, 1.82) is 0 Å². The van der Waals surface area contributed by atoms with E-state index >= 15 is 0 Å². The summed E-state index contributed by atoms with van der Waals surface area (Å²) in [6, 6.07) is 2.23. The minimum Gasteiger partial charge on any atom is -0.370 e. The normalized spacial score (nSPS) is 17.3. The summed E-state index contributed by atoms with van der Waals surface area (Å²) in [7, 11) is 0. The largest absolute Gasteiger partial charge is 0.370 e. The molecule has 0 aromatic carbocycles. The number of ether oxygens (including phenoxy) is 1. The van der Waals surface area contributed by atoms with Crippen LogP contribution in [-0.4, -0.2) is 19.7 Å². The Labute approximate surface area is 136 Å². The molecule has 6 heteroatoms. The Balaban J connectivity index is 1.51. The van der Waals surface area contributed by atoms with Crippen LogP contribution in [0.15, 0.2) is 12.3 Å². The Hall–Kier alpha value is -1.95. The summed E-state index contributed by atoms with van der Waals surface area (Å²) in [6.07, 6.45) is 4.41. The number of nitrogens with zero attached hydrogens (tertiary/aromatic N) is 4. The van der Waals surface area contributed by atoms with E-state index in [4.69, 9.17) is 9.84 Å². The predicted octanol–water partition coefficient (Wildman–Crippen LogP) is 2.95. The second-order valence-corrected chi connectivity index (χ2v) is 7.43. The maximum Gasteiger partial charge on any atom is 0.223 e. The molecule has 1 saturated carbocycles. The van der Waals surface area contributed by atoms with E-state index in [0.29, 0.717) is 31.6 Å². The van der Waals surface area contributed by atoms with Gasteiger partial charge < -0.3 is 10.1 Å². The van der Waals surface area contributed by atoms with Crippen molar-refractivity contribution >= 4 is 5.95 Å². The van der Waals surface area contributed by atoms with E-state index in [1.165, 1.54) is 18.5 Å². The quantitative estimate of drug-likeness (QED) is 0.940. The summed E-state index contributed by atoms with van der Waals surface area (Å²) in [6.45, 7) is 8.45. The molecule has 0 radical (unpaired) electrons. The lowest BCUT2D eigenvalue weighted by Crippen LogP contribution is -2.25. The third-order valence-electron chi connectivity index (χ3n) is 4.30. The molecule has 0 saturated heterocycles. The zero-order valence-electron chi connectivity index (χ0n) is 14.0. The summed E-state index contributed by atoms with van der Waals surface area (Å²) < 4.78 is 7.56. The van der Waals surface area contributed by atoms with Crippen molar-refractivity contribution in [3.8, 4) is 0 Å². The lowest BCUT2D eigenvalue weighted by Gasteiger charge is -2.22. The van der Waals surface area contributed by atoms with Crippen LogP contribution in [0, 0.1) is 0 Å². The van der Waals surface area contributed by atoms with Crippen LogP contribution < -0.4 is 5.32 Å². The van der Waals surface area contributed by atoms with Crippen molar-refractivity contribution in [2.45, 2.75) is 64.8 Å². The fourth-order valence-corrected chi connectivity index (χ4v) is 2.94. The van der Waals surface area contributed by atoms with E-state index in [0.717, 1.165) is 17.0 Å². The summed E-state index contributed by atoms with van der Waals surface area (Å²) in [4.78, 5) is 8.87. The molecule has 1 N–H and O–H groups in total. The zero-order chi connectivity index (χ0) is 16.0. The van der Waals surface area contributed by atoms with Crippen molar-refractivity contribution < 1.29 is 4.74 Å². The summed E-state index contributed by atoms with van der Waals surface area (Å²) in [5.41, 5.74) is 4.49. The first-order chi connectivity index (χ1) is 11.0. The maximum absolute atomic E-state index is 5.38. The van der Waals surface area contributed by atoms with Crippen LogP contribution in [0.3, 0.4) is 0 Å². The van der Waals surface area contributed by atoms with Crippen LogP contribution in [0.4, 0.5) is 5.95 Å². The van der Waals surface area contributed by atoms with Gasteiger partial charge in [0.15, 0.2) is 0 Å². The zero-order valence-corrected chi connectivity index (χ0v) is 14.0. The van der Waals surface area contributed by atoms with Crippen LogP contribution in [0.1, 0.15) is 62.2 Å². The van der Waals surface area contributed by atoms with Gasteiger partial charge in [-0.15, -0.1) is 0 Å². The first kappa shape index (κ1) is 14.6. The highest BCUT2D eigenvalue weighted by atomic mass is 16.5. The minimum absolute atomic E-state index is 0.0115. The fourth-order valence-electron chi connectivity index (χ4n) is 2.94. The van der Waals surface area contributed by atoms with Crippen molar-refractivity contribution in [1.82, 2.24) is 19.7 Å². The van der Waals surface area contributed by atoms with Gasteiger partial charge in [-0.05, 0) is 39.7 Å². The standard InChI is InChI=1S/C17H23N5O/c1-17(2,3)22-15(11-4-5-11)6-13(21-22)8-19-16-18-7-12-9-23-10-14(12)20-16/h6-7,11H,4-5,8-10H2,1-3H3,(H,18,19,20). The molecule has 0 amide bonds. The Morgan fingerprint density at radius 3 is 2.87 bits per heavy atom. The topological polar surface area (TPSA) is 64.9 Å². The molecule has 1 fully saturated rings. The Bertz CT molecular complexity index is 727. The lowest BCUT2D eigenvalue weighted by atomic mass is 10.1. The highest BCUT2D eigenvalue weighted by Crippen LogP contribution is 2.41. The molecule has 1 aliphatic carbocycles. The first-order valence-corrected chi connectivity index (χ1v) is 8.26. The van der Waals surface area contributed by atoms with E-state index in [2.05, 4.69) is 46.8 Å². The van der Waals surface area contributed by atoms with Gasteiger partial charge in [0, 0.05) is 23.4 Å². The molecule has 6 nitrogen and oxygen atoms in total. The molecule has 23 heavy (non-hydrogen) atoms. The van der Waals surface area contributed by atoms with Crippen LogP contribution in [-0.2, 0) is 30.0 Å². The van der Waals surface area contributed by atoms with Gasteiger partial charge in [-0.3, -0.25) is 4.68 Å². The second kappa shape index (κ2) is 5.30. The van der Waals surface area contributed by atoms with Crippen molar-refractivity contribution in [2.75, 3.05) is 5.32 Å². The Kier molecular flexibility index (Phi) is 3.37. The summed E-state index contributed by atoms with van der Waals surface area (Å²) in [5, 5.41) is 8.09. The molecule has 0 atom stereocenters. The molecule has 2 aromatic heterocycles. The number of fused-ring (bicyclic) bond motifs is 1. The smallest absolute Gasteiger partial charge is 0.223 e. The van der Waals surface area contributed by atoms with Gasteiger partial charge in [-0.25, -0.2) is 9.97 Å². The van der Waals surface area contributed by atoms with Gasteiger partial charge >= 0.3 is 0 Å². The van der Waals surface area contributed by atoms with Crippen molar-refractivity contribution in [3.63, 3.8) is 0 Å². The van der Waals surface area contributed by atoms with E-state index in [9.17, 15) is 0 Å². The number of anilines is 1. The molecular weight excluding hydrogens is 290 g/mol. The monoisotopic (exact) mass is 313 g/mol. The molecule has 2 aliphatic rings. The number of aromatic nitrogens is 4. The molecule has 2 aromatic rings. The Morgan fingerprint density at radius 2 is 2.13 bits per heavy atom. The van der Waals surface area contributed by atoms with Crippen LogP contribution in [0.5, 0.6) is 0 Å². The third-order valence-corrected chi connectivity index (χ3v) is 4.30. The first-order valence-electron chi connectivity index (χ1n) is 8.26. The van der Waals surface area contributed by atoms with Crippen molar-refractivity contribution in [3.05, 3.63) is 34.9 Å². The molecule has 3 heterocycles. The SMILES string of the molecule is CC(C)(C)n1nc(CNc2ncc3c(n2)COC3)cc1C1CC1. The highest BCUT2D eigenvalue weighted by Gasteiger charge is 2.31. The second-order valence-electron chi connectivity index (χ2n) is 7.43. The van der Waals surface area contributed by atoms with Gasteiger partial charge in [-0.2, -0.15) is 5.10 Å². The van der Waals surface area contributed by atoms with E-state index < -0.39 is 0 Å². The highest BCUT2D eigenvalue weighted by molar-refractivity contribution is 5.32. The average Bonchev–Trinajstić information content (AvgIpc) is 3.08. The molecular formula is C17H23N5O.